The molecule has 0 radical (unpaired) electrons. The molecule has 0 aromatic heterocycles. The van der Waals surface area contributed by atoms with E-state index in [1.165, 1.54) is 0 Å². The second kappa shape index (κ2) is 4.28. The van der Waals surface area contributed by atoms with Crippen LogP contribution in [0.15, 0.2) is 0 Å². The number of nitrogens with zero attached hydrogens (tertiary/aromatic N) is 1. The summed E-state index contributed by atoms with van der Waals surface area (Å²) in [6.45, 7) is 5.03. The number of hydrazine groups is 1. The third-order valence-electron chi connectivity index (χ3n) is 1.72. The fourth-order valence-electron chi connectivity index (χ4n) is 1.12. The van der Waals surface area contributed by atoms with Crippen molar-refractivity contribution in [3.8, 4) is 0 Å². The molecule has 0 rings (SSSR count). The minimum atomic E-state index is -1.16. The van der Waals surface area contributed by atoms with Crippen molar-refractivity contribution < 1.29 is 19.4 Å². The number of amides is 1. The molecule has 1 amide bonds. The molecule has 0 saturated heterocycles. The van der Waals surface area contributed by atoms with Gasteiger partial charge in [-0.05, 0) is 5.41 Å². The zero-order chi connectivity index (χ0) is 11.5. The summed E-state index contributed by atoms with van der Waals surface area (Å²) in [5.74, 6) is 4.18. The lowest BCUT2D eigenvalue weighted by Gasteiger charge is -2.32. The standard InChI is InChI=1S/C8H16N2O4/c1-8(2,3)5(6(11)12)10(9)7(13)14-4/h5H,9H2,1-4H3,(H,11,12)/t5-/m1/s1. The number of hydrogen-bond donors (Lipinski definition) is 2. The Balaban J connectivity index is 4.85. The Morgan fingerprint density at radius 2 is 1.86 bits per heavy atom. The van der Waals surface area contributed by atoms with Crippen molar-refractivity contribution in [3.05, 3.63) is 0 Å². The van der Waals surface area contributed by atoms with Crippen molar-refractivity contribution in [2.75, 3.05) is 7.11 Å². The number of carbonyl (C=O) groups is 2. The Bertz CT molecular complexity index is 234. The van der Waals surface area contributed by atoms with Gasteiger partial charge >= 0.3 is 12.1 Å². The first-order valence-electron chi connectivity index (χ1n) is 4.06. The molecule has 82 valence electrons. The van der Waals surface area contributed by atoms with Crippen LogP contribution in [0.4, 0.5) is 4.79 Å². The van der Waals surface area contributed by atoms with Gasteiger partial charge in [0, 0.05) is 0 Å². The van der Waals surface area contributed by atoms with E-state index in [-0.39, 0.29) is 0 Å². The van der Waals surface area contributed by atoms with Gasteiger partial charge in [-0.1, -0.05) is 20.8 Å². The summed E-state index contributed by atoms with van der Waals surface area (Å²) in [4.78, 5) is 21.9. The van der Waals surface area contributed by atoms with Crippen molar-refractivity contribution in [2.45, 2.75) is 26.8 Å². The fraction of sp³-hybridized carbons (Fsp3) is 0.750. The molecule has 0 aliphatic heterocycles. The lowest BCUT2D eigenvalue weighted by Crippen LogP contribution is -2.55. The predicted octanol–water partition coefficient (Wildman–Crippen LogP) is 0.428. The lowest BCUT2D eigenvalue weighted by atomic mass is 9.86. The van der Waals surface area contributed by atoms with Gasteiger partial charge in [0.05, 0.1) is 7.11 Å². The van der Waals surface area contributed by atoms with Crippen molar-refractivity contribution >= 4 is 12.1 Å². The molecule has 0 saturated carbocycles. The highest BCUT2D eigenvalue weighted by Crippen LogP contribution is 2.23. The van der Waals surface area contributed by atoms with Gasteiger partial charge in [0.1, 0.15) is 0 Å². The average molecular weight is 204 g/mol. The van der Waals surface area contributed by atoms with E-state index in [0.29, 0.717) is 5.01 Å². The third-order valence-corrected chi connectivity index (χ3v) is 1.72. The summed E-state index contributed by atoms with van der Waals surface area (Å²) in [5.41, 5.74) is -0.658. The first kappa shape index (κ1) is 12.7. The molecule has 6 heteroatoms. The monoisotopic (exact) mass is 204 g/mol. The largest absolute Gasteiger partial charge is 0.480 e. The number of ether oxygens (including phenoxy) is 1. The molecule has 0 aromatic rings. The zero-order valence-electron chi connectivity index (χ0n) is 8.77. The normalized spacial score (nSPS) is 13.2. The van der Waals surface area contributed by atoms with Crippen LogP contribution in [-0.2, 0) is 9.53 Å². The lowest BCUT2D eigenvalue weighted by molar-refractivity contribution is -0.146. The number of aliphatic carboxylic acids is 1. The highest BCUT2D eigenvalue weighted by atomic mass is 16.5. The van der Waals surface area contributed by atoms with Gasteiger partial charge in [0.25, 0.3) is 0 Å². The maximum Gasteiger partial charge on any atom is 0.424 e. The van der Waals surface area contributed by atoms with E-state index in [1.807, 2.05) is 0 Å². The van der Waals surface area contributed by atoms with E-state index >= 15 is 0 Å². The second-order valence-corrected chi connectivity index (χ2v) is 3.98. The van der Waals surface area contributed by atoms with Crippen LogP contribution in [0.25, 0.3) is 0 Å². The van der Waals surface area contributed by atoms with E-state index in [4.69, 9.17) is 10.9 Å². The van der Waals surface area contributed by atoms with Gasteiger partial charge in [-0.15, -0.1) is 0 Å². The summed E-state index contributed by atoms with van der Waals surface area (Å²) in [7, 11) is 1.14. The van der Waals surface area contributed by atoms with E-state index in [2.05, 4.69) is 4.74 Å². The van der Waals surface area contributed by atoms with Crippen LogP contribution in [0, 0.1) is 5.41 Å². The van der Waals surface area contributed by atoms with Crippen molar-refractivity contribution in [2.24, 2.45) is 11.3 Å². The smallest absolute Gasteiger partial charge is 0.424 e. The van der Waals surface area contributed by atoms with E-state index in [1.54, 1.807) is 20.8 Å². The summed E-state index contributed by atoms with van der Waals surface area (Å²) < 4.78 is 4.34. The minimum Gasteiger partial charge on any atom is -0.480 e. The molecule has 3 N–H and O–H groups in total. The average Bonchev–Trinajstić information content (AvgIpc) is 1.99. The number of nitrogens with two attached hydrogens (primary N) is 1. The Hall–Kier alpha value is -1.30. The van der Waals surface area contributed by atoms with E-state index in [9.17, 15) is 9.59 Å². The van der Waals surface area contributed by atoms with Gasteiger partial charge in [-0.3, -0.25) is 0 Å². The first-order chi connectivity index (χ1) is 6.21. The van der Waals surface area contributed by atoms with Crippen LogP contribution in [0.3, 0.4) is 0 Å². The number of carboxylic acid groups (broad SMARTS) is 1. The van der Waals surface area contributed by atoms with Crippen LogP contribution >= 0.6 is 0 Å². The molecular weight excluding hydrogens is 188 g/mol. The number of carbonyl (C=O) groups excluding carboxylic acids is 1. The highest BCUT2D eigenvalue weighted by molar-refractivity contribution is 5.80. The van der Waals surface area contributed by atoms with Gasteiger partial charge in [0.15, 0.2) is 6.04 Å². The van der Waals surface area contributed by atoms with Crippen LogP contribution in [0.2, 0.25) is 0 Å². The summed E-state index contributed by atoms with van der Waals surface area (Å²) >= 11 is 0. The molecule has 0 bridgehead atoms. The predicted molar refractivity (Wildman–Crippen MR) is 49.3 cm³/mol. The van der Waals surface area contributed by atoms with Crippen molar-refractivity contribution in [1.29, 1.82) is 0 Å². The molecule has 0 fully saturated rings. The Labute approximate surface area is 82.6 Å². The molecule has 0 heterocycles. The highest BCUT2D eigenvalue weighted by Gasteiger charge is 2.38. The van der Waals surface area contributed by atoms with Crippen LogP contribution in [0.5, 0.6) is 0 Å². The van der Waals surface area contributed by atoms with Gasteiger partial charge in [0.2, 0.25) is 0 Å². The van der Waals surface area contributed by atoms with Gasteiger partial charge in [-0.2, -0.15) is 0 Å². The van der Waals surface area contributed by atoms with Crippen LogP contribution < -0.4 is 5.84 Å². The van der Waals surface area contributed by atoms with E-state index < -0.39 is 23.5 Å². The van der Waals surface area contributed by atoms with Crippen molar-refractivity contribution in [3.63, 3.8) is 0 Å². The Morgan fingerprint density at radius 1 is 1.43 bits per heavy atom. The summed E-state index contributed by atoms with van der Waals surface area (Å²) in [6.07, 6.45) is -0.868. The van der Waals surface area contributed by atoms with Crippen molar-refractivity contribution in [1.82, 2.24) is 5.01 Å². The SMILES string of the molecule is COC(=O)N(N)[C@H](C(=O)O)C(C)(C)C. The summed E-state index contributed by atoms with van der Waals surface area (Å²) in [6, 6.07) is -1.12. The molecule has 0 aliphatic carbocycles. The number of hydrogen-bond acceptors (Lipinski definition) is 4. The van der Waals surface area contributed by atoms with Crippen LogP contribution in [-0.4, -0.2) is 35.3 Å². The maximum atomic E-state index is 11.0. The third kappa shape index (κ3) is 2.88. The van der Waals surface area contributed by atoms with Gasteiger partial charge < -0.3 is 9.84 Å². The molecule has 0 aliphatic rings. The fourth-order valence-corrected chi connectivity index (χ4v) is 1.12. The van der Waals surface area contributed by atoms with Gasteiger partial charge in [-0.25, -0.2) is 20.4 Å². The topological polar surface area (TPSA) is 92.9 Å². The molecular formula is C8H16N2O4. The molecule has 0 spiro atoms. The molecule has 14 heavy (non-hydrogen) atoms. The molecule has 1 atom stereocenters. The van der Waals surface area contributed by atoms with Crippen LogP contribution in [0.1, 0.15) is 20.8 Å². The Kier molecular flexibility index (Phi) is 3.88. The molecule has 0 aromatic carbocycles. The number of rotatable bonds is 2. The number of carboxylic acids is 1. The zero-order valence-corrected chi connectivity index (χ0v) is 8.77. The minimum absolute atomic E-state index is 0.586. The quantitative estimate of drug-likeness (QED) is 0.386. The Morgan fingerprint density at radius 3 is 2.07 bits per heavy atom. The summed E-state index contributed by atoms with van der Waals surface area (Å²) in [5, 5.41) is 9.48. The second-order valence-electron chi connectivity index (χ2n) is 3.98. The molecule has 6 nitrogen and oxygen atoms in total. The molecule has 0 unspecified atom stereocenters. The first-order valence-corrected chi connectivity index (χ1v) is 4.06. The number of methoxy groups -OCH3 is 1. The maximum absolute atomic E-state index is 11.0. The van der Waals surface area contributed by atoms with E-state index in [0.717, 1.165) is 7.11 Å².